The molecule has 88 valence electrons. The molecule has 2 heterocycles. The van der Waals surface area contributed by atoms with Gasteiger partial charge in [-0.05, 0) is 0 Å². The molecule has 0 radical (unpaired) electrons. The van der Waals surface area contributed by atoms with Crippen molar-refractivity contribution in [3.8, 4) is 0 Å². The van der Waals surface area contributed by atoms with E-state index in [1.54, 1.807) is 5.38 Å². The molecule has 1 aromatic rings. The van der Waals surface area contributed by atoms with Crippen molar-refractivity contribution in [2.75, 3.05) is 17.3 Å². The summed E-state index contributed by atoms with van der Waals surface area (Å²) in [5, 5.41) is 11.9. The quantitative estimate of drug-likeness (QED) is 0.876. The van der Waals surface area contributed by atoms with Gasteiger partial charge in [-0.1, -0.05) is 0 Å². The molecule has 16 heavy (non-hydrogen) atoms. The fraction of sp³-hybridized carbons (Fsp3) is 0.556. The lowest BCUT2D eigenvalue weighted by molar-refractivity contribution is -0.138. The van der Waals surface area contributed by atoms with Crippen molar-refractivity contribution < 1.29 is 9.90 Å². The predicted molar refractivity (Wildman–Crippen MR) is 69.2 cm³/mol. The van der Waals surface area contributed by atoms with Crippen molar-refractivity contribution >= 4 is 40.8 Å². The average Bonchev–Trinajstić information content (AvgIpc) is 2.78. The first kappa shape index (κ1) is 12.2. The Morgan fingerprint density at radius 1 is 1.62 bits per heavy atom. The molecule has 2 unspecified atom stereocenters. The number of rotatable bonds is 3. The van der Waals surface area contributed by atoms with Crippen LogP contribution in [0.15, 0.2) is 5.38 Å². The van der Waals surface area contributed by atoms with Crippen LogP contribution in [0.2, 0.25) is 0 Å². The Labute approximate surface area is 106 Å². The molecule has 0 aromatic carbocycles. The Morgan fingerprint density at radius 2 is 2.44 bits per heavy atom. The van der Waals surface area contributed by atoms with Gasteiger partial charge >= 0.3 is 5.97 Å². The van der Waals surface area contributed by atoms with E-state index in [-0.39, 0.29) is 0 Å². The second kappa shape index (κ2) is 5.39. The number of hydrogen-bond donors (Lipinski definition) is 2. The highest BCUT2D eigenvalue weighted by Gasteiger charge is 2.23. The zero-order valence-corrected chi connectivity index (χ0v) is 10.9. The first-order valence-corrected chi connectivity index (χ1v) is 7.90. The Morgan fingerprint density at radius 3 is 3.06 bits per heavy atom. The molecule has 1 aliphatic heterocycles. The van der Waals surface area contributed by atoms with Crippen molar-refractivity contribution in [3.63, 3.8) is 0 Å². The van der Waals surface area contributed by atoms with Crippen LogP contribution in [0, 0.1) is 0 Å². The summed E-state index contributed by atoms with van der Waals surface area (Å²) in [4.78, 5) is 15.0. The van der Waals surface area contributed by atoms with Crippen LogP contribution in [0.3, 0.4) is 0 Å². The largest absolute Gasteiger partial charge is 0.480 e. The molecule has 0 spiro atoms. The summed E-state index contributed by atoms with van der Waals surface area (Å²) in [7, 11) is 0. The Balaban J connectivity index is 2.09. The minimum atomic E-state index is -1.03. The second-order valence-electron chi connectivity index (χ2n) is 3.36. The summed E-state index contributed by atoms with van der Waals surface area (Å²) in [6.07, 6.45) is 0. The summed E-state index contributed by atoms with van der Waals surface area (Å²) in [5.41, 5.74) is 5.99. The van der Waals surface area contributed by atoms with Crippen molar-refractivity contribution in [1.82, 2.24) is 4.98 Å². The Hall–Kier alpha value is -0.240. The van der Waals surface area contributed by atoms with Crippen molar-refractivity contribution in [2.45, 2.75) is 11.3 Å². The molecule has 4 nitrogen and oxygen atoms in total. The topological polar surface area (TPSA) is 76.2 Å². The third-order valence-electron chi connectivity index (χ3n) is 2.22. The normalized spacial score (nSPS) is 22.9. The fourth-order valence-electron chi connectivity index (χ4n) is 1.35. The van der Waals surface area contributed by atoms with Crippen LogP contribution in [0.25, 0.3) is 0 Å². The van der Waals surface area contributed by atoms with Gasteiger partial charge in [0, 0.05) is 22.6 Å². The van der Waals surface area contributed by atoms with Gasteiger partial charge in [-0.2, -0.15) is 11.8 Å². The minimum Gasteiger partial charge on any atom is -0.480 e. The molecular weight excluding hydrogens is 264 g/mol. The number of aromatic nitrogens is 1. The molecule has 2 atom stereocenters. The van der Waals surface area contributed by atoms with Gasteiger partial charge in [0.1, 0.15) is 11.0 Å². The molecule has 1 aromatic heterocycles. The van der Waals surface area contributed by atoms with Crippen LogP contribution < -0.4 is 5.73 Å². The van der Waals surface area contributed by atoms with E-state index in [4.69, 9.17) is 10.8 Å². The lowest BCUT2D eigenvalue weighted by Gasteiger charge is -2.18. The number of hydrogen-bond acceptors (Lipinski definition) is 6. The number of carbonyl (C=O) groups is 1. The summed E-state index contributed by atoms with van der Waals surface area (Å²) >= 11 is 5.32. The molecule has 1 aliphatic rings. The lowest BCUT2D eigenvalue weighted by atomic mass is 10.2. The summed E-state index contributed by atoms with van der Waals surface area (Å²) < 4.78 is 0. The van der Waals surface area contributed by atoms with Gasteiger partial charge in [0.05, 0.1) is 10.9 Å². The number of thioether (sulfide) groups is 2. The minimum absolute atomic E-state index is 0.401. The standard InChI is InChI=1S/C9H12N2O2S3/c10-7(9(12)13)5-3-16-8(11-5)6-4-14-1-2-15-6/h3,6-7H,1-2,4,10H2,(H,12,13). The molecule has 1 fully saturated rings. The molecular formula is C9H12N2O2S3. The maximum Gasteiger partial charge on any atom is 0.326 e. The molecule has 0 bridgehead atoms. The Bertz CT molecular complexity index is 377. The number of nitrogens with two attached hydrogens (primary N) is 1. The van der Waals surface area contributed by atoms with E-state index in [0.717, 1.165) is 16.5 Å². The van der Waals surface area contributed by atoms with Gasteiger partial charge in [0.15, 0.2) is 0 Å². The van der Waals surface area contributed by atoms with Crippen molar-refractivity contribution in [1.29, 1.82) is 0 Å². The van der Waals surface area contributed by atoms with Gasteiger partial charge in [-0.15, -0.1) is 23.1 Å². The van der Waals surface area contributed by atoms with Crippen LogP contribution in [-0.4, -0.2) is 33.3 Å². The van der Waals surface area contributed by atoms with Gasteiger partial charge in [-0.3, -0.25) is 4.79 Å². The lowest BCUT2D eigenvalue weighted by Crippen LogP contribution is -2.21. The van der Waals surface area contributed by atoms with Crippen molar-refractivity contribution in [2.24, 2.45) is 5.73 Å². The number of aliphatic carboxylic acids is 1. The maximum atomic E-state index is 10.7. The number of nitrogens with zero attached hydrogens (tertiary/aromatic N) is 1. The van der Waals surface area contributed by atoms with E-state index in [9.17, 15) is 4.79 Å². The number of carboxylic acids is 1. The van der Waals surface area contributed by atoms with Crippen LogP contribution in [0.4, 0.5) is 0 Å². The van der Waals surface area contributed by atoms with E-state index >= 15 is 0 Å². The highest BCUT2D eigenvalue weighted by atomic mass is 32.2. The third kappa shape index (κ3) is 2.71. The van der Waals surface area contributed by atoms with Crippen LogP contribution in [0.1, 0.15) is 22.0 Å². The van der Waals surface area contributed by atoms with Gasteiger partial charge < -0.3 is 10.8 Å². The molecule has 7 heteroatoms. The fourth-order valence-corrected chi connectivity index (χ4v) is 5.21. The zero-order valence-electron chi connectivity index (χ0n) is 8.46. The SMILES string of the molecule is NC(C(=O)O)c1csc(C2CSCCS2)n1. The molecule has 0 saturated carbocycles. The van der Waals surface area contributed by atoms with E-state index in [0.29, 0.717) is 10.9 Å². The molecule has 0 aliphatic carbocycles. The maximum absolute atomic E-state index is 10.7. The van der Waals surface area contributed by atoms with Crippen LogP contribution in [-0.2, 0) is 4.79 Å². The van der Waals surface area contributed by atoms with Crippen LogP contribution >= 0.6 is 34.9 Å². The monoisotopic (exact) mass is 276 g/mol. The first-order chi connectivity index (χ1) is 7.68. The predicted octanol–water partition coefficient (Wildman–Crippen LogP) is 1.75. The summed E-state index contributed by atoms with van der Waals surface area (Å²) in [6.45, 7) is 0. The van der Waals surface area contributed by atoms with Crippen molar-refractivity contribution in [3.05, 3.63) is 16.1 Å². The molecule has 2 rings (SSSR count). The van der Waals surface area contributed by atoms with E-state index in [2.05, 4.69) is 4.98 Å². The summed E-state index contributed by atoms with van der Waals surface area (Å²) in [5.74, 6) is 2.35. The number of carboxylic acid groups (broad SMARTS) is 1. The highest BCUT2D eigenvalue weighted by Crippen LogP contribution is 2.38. The molecule has 1 saturated heterocycles. The van der Waals surface area contributed by atoms with E-state index in [1.807, 2.05) is 23.5 Å². The average molecular weight is 276 g/mol. The molecule has 0 amide bonds. The second-order valence-corrected chi connectivity index (χ2v) is 6.71. The van der Waals surface area contributed by atoms with E-state index < -0.39 is 12.0 Å². The molecule has 3 N–H and O–H groups in total. The van der Waals surface area contributed by atoms with Gasteiger partial charge in [0.25, 0.3) is 0 Å². The number of thiazole rings is 1. The third-order valence-corrected chi connectivity index (χ3v) is 6.10. The van der Waals surface area contributed by atoms with Gasteiger partial charge in [-0.25, -0.2) is 4.98 Å². The highest BCUT2D eigenvalue weighted by molar-refractivity contribution is 8.06. The summed E-state index contributed by atoms with van der Waals surface area (Å²) in [6, 6.07) is -0.994. The smallest absolute Gasteiger partial charge is 0.326 e. The first-order valence-electron chi connectivity index (χ1n) is 4.81. The van der Waals surface area contributed by atoms with E-state index in [1.165, 1.54) is 17.1 Å². The van der Waals surface area contributed by atoms with Gasteiger partial charge in [0.2, 0.25) is 0 Å². The van der Waals surface area contributed by atoms with Crippen LogP contribution in [0.5, 0.6) is 0 Å². The zero-order chi connectivity index (χ0) is 11.5. The Kier molecular flexibility index (Phi) is 4.12.